The van der Waals surface area contributed by atoms with Crippen LogP contribution < -0.4 is 11.1 Å². The molecule has 26 heavy (non-hydrogen) atoms. The molecule has 1 heterocycles. The third-order valence-electron chi connectivity index (χ3n) is 5.62. The molecule has 1 aromatic heterocycles. The van der Waals surface area contributed by atoms with Crippen LogP contribution in [0.4, 0.5) is 8.78 Å². The summed E-state index contributed by atoms with van der Waals surface area (Å²) < 4.78 is 28.5. The lowest BCUT2D eigenvalue weighted by Gasteiger charge is -2.28. The minimum Gasteiger partial charge on any atom is -0.344 e. The van der Waals surface area contributed by atoms with Crippen molar-refractivity contribution in [3.8, 4) is 5.69 Å². The third kappa shape index (κ3) is 2.80. The number of benzene rings is 1. The Kier molecular flexibility index (Phi) is 4.26. The number of nitrogens with zero attached hydrogens (tertiary/aromatic N) is 2. The molecule has 0 aliphatic heterocycles. The summed E-state index contributed by atoms with van der Waals surface area (Å²) in [7, 11) is 0. The van der Waals surface area contributed by atoms with Crippen LogP contribution >= 0.6 is 0 Å². The van der Waals surface area contributed by atoms with Crippen LogP contribution in [0.15, 0.2) is 18.2 Å². The zero-order valence-corrected chi connectivity index (χ0v) is 14.5. The smallest absolute Gasteiger partial charge is 0.272 e. The molecule has 0 spiro atoms. The second-order valence-corrected chi connectivity index (χ2v) is 7.28. The van der Waals surface area contributed by atoms with E-state index in [1.54, 1.807) is 4.68 Å². The largest absolute Gasteiger partial charge is 0.344 e. The number of hydrogen-bond donors (Lipinski definition) is 2. The van der Waals surface area contributed by atoms with Crippen LogP contribution in [0, 0.1) is 11.6 Å². The van der Waals surface area contributed by atoms with Gasteiger partial charge in [-0.2, -0.15) is 5.10 Å². The van der Waals surface area contributed by atoms with Crippen LogP contribution in [-0.4, -0.2) is 27.8 Å². The van der Waals surface area contributed by atoms with Crippen LogP contribution in [0.25, 0.3) is 5.69 Å². The lowest BCUT2D eigenvalue weighted by atomic mass is 9.97. The Balaban J connectivity index is 1.69. The van der Waals surface area contributed by atoms with E-state index < -0.39 is 11.6 Å². The van der Waals surface area contributed by atoms with E-state index in [9.17, 15) is 13.6 Å². The van der Waals surface area contributed by atoms with Crippen molar-refractivity contribution >= 4 is 5.91 Å². The quantitative estimate of drug-likeness (QED) is 0.880. The molecule has 1 fully saturated rings. The number of halogens is 2. The molecular weight excluding hydrogens is 338 g/mol. The Hall–Kier alpha value is -2.28. The molecule has 2 aliphatic carbocycles. The van der Waals surface area contributed by atoms with Gasteiger partial charge >= 0.3 is 0 Å². The maximum absolute atomic E-state index is 13.6. The van der Waals surface area contributed by atoms with E-state index >= 15 is 0 Å². The minimum absolute atomic E-state index is 0.225. The number of amides is 1. The molecule has 1 saturated carbocycles. The Labute approximate surface area is 150 Å². The van der Waals surface area contributed by atoms with Crippen LogP contribution in [0.2, 0.25) is 0 Å². The molecule has 0 bridgehead atoms. The van der Waals surface area contributed by atoms with Gasteiger partial charge in [0.25, 0.3) is 5.91 Å². The Bertz CT molecular complexity index is 855. The van der Waals surface area contributed by atoms with E-state index in [0.717, 1.165) is 68.3 Å². The van der Waals surface area contributed by atoms with Crippen LogP contribution in [0.3, 0.4) is 0 Å². The number of aromatic nitrogens is 2. The van der Waals surface area contributed by atoms with Gasteiger partial charge in [0.2, 0.25) is 0 Å². The Morgan fingerprint density at radius 1 is 1.19 bits per heavy atom. The monoisotopic (exact) mass is 360 g/mol. The molecule has 3 N–H and O–H groups in total. The third-order valence-corrected chi connectivity index (χ3v) is 5.62. The number of hydrogen-bond acceptors (Lipinski definition) is 3. The maximum Gasteiger partial charge on any atom is 0.272 e. The molecule has 2 aliphatic rings. The van der Waals surface area contributed by atoms with Crippen molar-refractivity contribution in [1.29, 1.82) is 0 Å². The summed E-state index contributed by atoms with van der Waals surface area (Å²) in [5.41, 5.74) is 8.17. The SMILES string of the molecule is NCC1(NC(=O)c2nn(-c3ccc(F)c(F)c3)c3c2CCC3)CCCC1. The summed E-state index contributed by atoms with van der Waals surface area (Å²) in [4.78, 5) is 12.9. The van der Waals surface area contributed by atoms with Gasteiger partial charge in [-0.05, 0) is 44.2 Å². The van der Waals surface area contributed by atoms with Gasteiger partial charge in [0.1, 0.15) is 0 Å². The first-order valence-corrected chi connectivity index (χ1v) is 9.12. The van der Waals surface area contributed by atoms with Gasteiger partial charge in [-0.15, -0.1) is 0 Å². The van der Waals surface area contributed by atoms with Crippen molar-refractivity contribution in [3.05, 3.63) is 46.8 Å². The fourth-order valence-electron chi connectivity index (χ4n) is 4.18. The van der Waals surface area contributed by atoms with Crippen LogP contribution in [0.5, 0.6) is 0 Å². The number of rotatable bonds is 4. The summed E-state index contributed by atoms with van der Waals surface area (Å²) in [6, 6.07) is 3.67. The van der Waals surface area contributed by atoms with E-state index in [1.165, 1.54) is 6.07 Å². The highest BCUT2D eigenvalue weighted by Crippen LogP contribution is 2.31. The average Bonchev–Trinajstić information content (AvgIpc) is 3.34. The van der Waals surface area contributed by atoms with Crippen molar-refractivity contribution in [2.45, 2.75) is 50.5 Å². The standard InChI is InChI=1S/C19H22F2N4O/c20-14-7-6-12(10-15(14)21)25-16-5-3-4-13(16)17(24-25)18(26)23-19(11-22)8-1-2-9-19/h6-7,10H,1-5,8-9,11,22H2,(H,23,26). The van der Waals surface area contributed by atoms with Crippen molar-refractivity contribution < 1.29 is 13.6 Å². The molecule has 1 aromatic carbocycles. The van der Waals surface area contributed by atoms with Crippen molar-refractivity contribution in [3.63, 3.8) is 0 Å². The van der Waals surface area contributed by atoms with E-state index in [1.807, 2.05) is 0 Å². The number of carbonyl (C=O) groups excluding carboxylic acids is 1. The average molecular weight is 360 g/mol. The predicted molar refractivity (Wildman–Crippen MR) is 93.2 cm³/mol. The van der Waals surface area contributed by atoms with Crippen LogP contribution in [-0.2, 0) is 12.8 Å². The van der Waals surface area contributed by atoms with E-state index in [-0.39, 0.29) is 11.4 Å². The first-order chi connectivity index (χ1) is 12.5. The lowest BCUT2D eigenvalue weighted by Crippen LogP contribution is -2.51. The fraction of sp³-hybridized carbons (Fsp3) is 0.474. The molecular formula is C19H22F2N4O. The van der Waals surface area contributed by atoms with Gasteiger partial charge in [-0.1, -0.05) is 12.8 Å². The molecule has 0 radical (unpaired) electrons. The molecule has 0 atom stereocenters. The second-order valence-electron chi connectivity index (χ2n) is 7.28. The summed E-state index contributed by atoms with van der Waals surface area (Å²) in [5.74, 6) is -2.05. The highest BCUT2D eigenvalue weighted by Gasteiger charge is 2.36. The number of carbonyl (C=O) groups is 1. The predicted octanol–water partition coefficient (Wildman–Crippen LogP) is 2.64. The molecule has 0 unspecified atom stereocenters. The topological polar surface area (TPSA) is 72.9 Å². The summed E-state index contributed by atoms with van der Waals surface area (Å²) in [6.07, 6.45) is 6.30. The lowest BCUT2D eigenvalue weighted by molar-refractivity contribution is 0.0896. The highest BCUT2D eigenvalue weighted by atomic mass is 19.2. The Morgan fingerprint density at radius 2 is 1.96 bits per heavy atom. The van der Waals surface area contributed by atoms with Crippen molar-refractivity contribution in [2.75, 3.05) is 6.54 Å². The molecule has 7 heteroatoms. The van der Waals surface area contributed by atoms with E-state index in [2.05, 4.69) is 10.4 Å². The second kappa shape index (κ2) is 6.46. The highest BCUT2D eigenvalue weighted by molar-refractivity contribution is 5.95. The molecule has 4 rings (SSSR count). The molecule has 1 amide bonds. The maximum atomic E-state index is 13.6. The first kappa shape index (κ1) is 17.1. The van der Waals surface area contributed by atoms with Gasteiger partial charge < -0.3 is 11.1 Å². The number of nitrogens with one attached hydrogen (secondary N) is 1. The first-order valence-electron chi connectivity index (χ1n) is 9.12. The van der Waals surface area contributed by atoms with Gasteiger partial charge in [0.15, 0.2) is 17.3 Å². The zero-order valence-electron chi connectivity index (χ0n) is 14.5. The molecule has 2 aromatic rings. The summed E-state index contributed by atoms with van der Waals surface area (Å²) in [6.45, 7) is 0.408. The van der Waals surface area contributed by atoms with Crippen molar-refractivity contribution in [2.24, 2.45) is 5.73 Å². The zero-order chi connectivity index (χ0) is 18.3. The summed E-state index contributed by atoms with van der Waals surface area (Å²) >= 11 is 0. The normalized spacial score (nSPS) is 18.1. The number of fused-ring (bicyclic) bond motifs is 1. The molecule has 138 valence electrons. The van der Waals surface area contributed by atoms with Crippen molar-refractivity contribution in [1.82, 2.24) is 15.1 Å². The van der Waals surface area contributed by atoms with Gasteiger partial charge in [0.05, 0.1) is 11.2 Å². The molecule has 5 nitrogen and oxygen atoms in total. The fourth-order valence-corrected chi connectivity index (χ4v) is 4.18. The van der Waals surface area contributed by atoms with E-state index in [0.29, 0.717) is 17.9 Å². The minimum atomic E-state index is -0.927. The Morgan fingerprint density at radius 3 is 2.65 bits per heavy atom. The molecule has 0 saturated heterocycles. The van der Waals surface area contributed by atoms with Gasteiger partial charge in [-0.3, -0.25) is 4.79 Å². The number of nitrogens with two attached hydrogens (primary N) is 1. The van der Waals surface area contributed by atoms with Gasteiger partial charge in [0, 0.05) is 23.9 Å². The van der Waals surface area contributed by atoms with Gasteiger partial charge in [-0.25, -0.2) is 13.5 Å². The van der Waals surface area contributed by atoms with E-state index in [4.69, 9.17) is 5.73 Å². The summed E-state index contributed by atoms with van der Waals surface area (Å²) in [5, 5.41) is 7.55. The van der Waals surface area contributed by atoms with Crippen LogP contribution in [0.1, 0.15) is 53.8 Å².